The van der Waals surface area contributed by atoms with Gasteiger partial charge in [-0.25, -0.2) is 4.79 Å². The molecule has 0 saturated carbocycles. The topological polar surface area (TPSA) is 90.0 Å². The van der Waals surface area contributed by atoms with E-state index in [-0.39, 0.29) is 17.4 Å². The molecule has 146 valence electrons. The number of aromatic carboxylic acids is 1. The molecule has 1 heterocycles. The average molecular weight is 381 g/mol. The largest absolute Gasteiger partial charge is 0.478 e. The highest BCUT2D eigenvalue weighted by molar-refractivity contribution is 6.06. The lowest BCUT2D eigenvalue weighted by Crippen LogP contribution is -2.48. The van der Waals surface area contributed by atoms with E-state index in [0.29, 0.717) is 37.4 Å². The number of nitrogens with one attached hydrogen (secondary N) is 1. The Bertz CT molecular complexity index is 900. The van der Waals surface area contributed by atoms with E-state index in [1.807, 2.05) is 19.1 Å². The number of amides is 2. The van der Waals surface area contributed by atoms with Crippen LogP contribution in [0.1, 0.15) is 33.2 Å². The van der Waals surface area contributed by atoms with Gasteiger partial charge >= 0.3 is 5.97 Å². The number of piperazine rings is 1. The third-order valence-electron chi connectivity index (χ3n) is 4.87. The molecule has 1 fully saturated rings. The second-order valence-electron chi connectivity index (χ2n) is 6.85. The van der Waals surface area contributed by atoms with Gasteiger partial charge in [0.1, 0.15) is 0 Å². The van der Waals surface area contributed by atoms with Crippen LogP contribution in [0.5, 0.6) is 0 Å². The molecule has 2 aromatic carbocycles. The molecule has 0 radical (unpaired) electrons. The number of benzene rings is 2. The van der Waals surface area contributed by atoms with Crippen LogP contribution < -0.4 is 10.2 Å². The summed E-state index contributed by atoms with van der Waals surface area (Å²) in [5, 5.41) is 12.2. The summed E-state index contributed by atoms with van der Waals surface area (Å²) in [5.74, 6) is -1.32. The Kier molecular flexibility index (Phi) is 5.63. The molecule has 0 bridgehead atoms. The molecule has 7 heteroatoms. The van der Waals surface area contributed by atoms with Crippen molar-refractivity contribution < 1.29 is 19.5 Å². The summed E-state index contributed by atoms with van der Waals surface area (Å²) in [6, 6.07) is 11.9. The first-order valence-electron chi connectivity index (χ1n) is 9.11. The van der Waals surface area contributed by atoms with E-state index in [4.69, 9.17) is 0 Å². The molecule has 7 nitrogen and oxygen atoms in total. The Labute approximate surface area is 163 Å². The Morgan fingerprint density at radius 3 is 2.11 bits per heavy atom. The fourth-order valence-electron chi connectivity index (χ4n) is 3.21. The summed E-state index contributed by atoms with van der Waals surface area (Å²) < 4.78 is 0. The highest BCUT2D eigenvalue weighted by atomic mass is 16.4. The van der Waals surface area contributed by atoms with E-state index in [1.165, 1.54) is 12.1 Å². The van der Waals surface area contributed by atoms with Gasteiger partial charge in [-0.2, -0.15) is 0 Å². The zero-order valence-corrected chi connectivity index (χ0v) is 15.9. The molecular formula is C21H23N3O4. The second-order valence-corrected chi connectivity index (χ2v) is 6.85. The zero-order chi connectivity index (χ0) is 20.3. The minimum atomic E-state index is -1.06. The number of carboxylic acids is 1. The summed E-state index contributed by atoms with van der Waals surface area (Å²) >= 11 is 0. The maximum Gasteiger partial charge on any atom is 0.335 e. The maximum absolute atomic E-state index is 12.7. The van der Waals surface area contributed by atoms with Gasteiger partial charge in [-0.05, 0) is 37.3 Å². The number of hydrogen-bond donors (Lipinski definition) is 2. The number of hydrogen-bond acceptors (Lipinski definition) is 4. The molecule has 2 amide bonds. The number of carbonyl (C=O) groups excluding carboxylic acids is 2. The first kappa shape index (κ1) is 19.4. The van der Waals surface area contributed by atoms with Gasteiger partial charge in [0.2, 0.25) is 5.91 Å². The summed E-state index contributed by atoms with van der Waals surface area (Å²) in [6.45, 7) is 5.88. The van der Waals surface area contributed by atoms with E-state index in [0.717, 1.165) is 11.3 Å². The molecule has 28 heavy (non-hydrogen) atoms. The van der Waals surface area contributed by atoms with E-state index in [1.54, 1.807) is 30.0 Å². The molecule has 1 aliphatic rings. The van der Waals surface area contributed by atoms with Gasteiger partial charge in [0.05, 0.1) is 16.9 Å². The molecule has 2 N–H and O–H groups in total. The normalized spacial score (nSPS) is 13.9. The molecule has 0 spiro atoms. The number of rotatable bonds is 4. The second kappa shape index (κ2) is 8.12. The first-order valence-corrected chi connectivity index (χ1v) is 9.11. The van der Waals surface area contributed by atoms with E-state index < -0.39 is 5.97 Å². The van der Waals surface area contributed by atoms with Gasteiger partial charge in [-0.1, -0.05) is 17.7 Å². The first-order chi connectivity index (χ1) is 13.3. The van der Waals surface area contributed by atoms with Gasteiger partial charge in [0.25, 0.3) is 5.91 Å². The Hall–Kier alpha value is -3.35. The van der Waals surface area contributed by atoms with E-state index in [9.17, 15) is 19.5 Å². The van der Waals surface area contributed by atoms with Crippen LogP contribution in [0.4, 0.5) is 11.4 Å². The number of carboxylic acid groups (broad SMARTS) is 1. The molecule has 1 saturated heterocycles. The van der Waals surface area contributed by atoms with Crippen molar-refractivity contribution in [2.75, 3.05) is 36.4 Å². The minimum Gasteiger partial charge on any atom is -0.478 e. The highest BCUT2D eigenvalue weighted by Crippen LogP contribution is 2.29. The van der Waals surface area contributed by atoms with Crippen LogP contribution >= 0.6 is 0 Å². The van der Waals surface area contributed by atoms with Crippen molar-refractivity contribution in [3.05, 3.63) is 59.2 Å². The van der Waals surface area contributed by atoms with Gasteiger partial charge in [-0.15, -0.1) is 0 Å². The van der Waals surface area contributed by atoms with Crippen LogP contribution in [0.2, 0.25) is 0 Å². The van der Waals surface area contributed by atoms with Gasteiger partial charge < -0.3 is 20.2 Å². The molecule has 0 atom stereocenters. The van der Waals surface area contributed by atoms with Crippen molar-refractivity contribution in [2.45, 2.75) is 13.8 Å². The van der Waals surface area contributed by atoms with Crippen LogP contribution in [-0.2, 0) is 4.79 Å². The van der Waals surface area contributed by atoms with Crippen molar-refractivity contribution in [3.8, 4) is 0 Å². The summed E-state index contributed by atoms with van der Waals surface area (Å²) in [4.78, 5) is 39.4. The quantitative estimate of drug-likeness (QED) is 0.850. The van der Waals surface area contributed by atoms with Crippen molar-refractivity contribution in [3.63, 3.8) is 0 Å². The van der Waals surface area contributed by atoms with Crippen LogP contribution in [0, 0.1) is 6.92 Å². The van der Waals surface area contributed by atoms with E-state index >= 15 is 0 Å². The smallest absolute Gasteiger partial charge is 0.335 e. The van der Waals surface area contributed by atoms with Crippen LogP contribution in [0.15, 0.2) is 42.5 Å². The highest BCUT2D eigenvalue weighted by Gasteiger charge is 2.22. The molecule has 0 aromatic heterocycles. The molecule has 1 aliphatic heterocycles. The average Bonchev–Trinajstić information content (AvgIpc) is 2.68. The van der Waals surface area contributed by atoms with E-state index in [2.05, 4.69) is 10.2 Å². The molecule has 2 aromatic rings. The van der Waals surface area contributed by atoms with Crippen molar-refractivity contribution in [1.29, 1.82) is 0 Å². The molecule has 0 unspecified atom stereocenters. The fourth-order valence-corrected chi connectivity index (χ4v) is 3.21. The number of carbonyl (C=O) groups is 3. The lowest BCUT2D eigenvalue weighted by atomic mass is 10.1. The molecule has 3 rings (SSSR count). The molecule has 0 aliphatic carbocycles. The number of nitrogens with zero attached hydrogens (tertiary/aromatic N) is 2. The molecular weight excluding hydrogens is 358 g/mol. The Morgan fingerprint density at radius 2 is 1.54 bits per heavy atom. The third-order valence-corrected chi connectivity index (χ3v) is 4.87. The monoisotopic (exact) mass is 381 g/mol. The van der Waals surface area contributed by atoms with Gasteiger partial charge in [-0.3, -0.25) is 9.59 Å². The van der Waals surface area contributed by atoms with Crippen LogP contribution in [0.3, 0.4) is 0 Å². The SMILES string of the molecule is CC(=O)N1CCN(c2ccc(C(=O)O)cc2NC(=O)c2ccc(C)cc2)CC1. The van der Waals surface area contributed by atoms with Crippen LogP contribution in [-0.4, -0.2) is 54.0 Å². The van der Waals surface area contributed by atoms with Gasteiger partial charge in [0.15, 0.2) is 0 Å². The summed E-state index contributed by atoms with van der Waals surface area (Å²) in [6.07, 6.45) is 0. The predicted molar refractivity (Wildman–Crippen MR) is 107 cm³/mol. The standard InChI is InChI=1S/C21H23N3O4/c1-14-3-5-16(6-4-14)20(26)22-18-13-17(21(27)28)7-8-19(18)24-11-9-23(10-12-24)15(2)25/h3-8,13H,9-12H2,1-2H3,(H,22,26)(H,27,28). The van der Waals surface area contributed by atoms with Crippen molar-refractivity contribution >= 4 is 29.2 Å². The minimum absolute atomic E-state index is 0.0359. The van der Waals surface area contributed by atoms with Crippen LogP contribution in [0.25, 0.3) is 0 Å². The predicted octanol–water partition coefficient (Wildman–Crippen LogP) is 2.61. The fraction of sp³-hybridized carbons (Fsp3) is 0.286. The Morgan fingerprint density at radius 1 is 0.929 bits per heavy atom. The lowest BCUT2D eigenvalue weighted by Gasteiger charge is -2.36. The zero-order valence-electron chi connectivity index (χ0n) is 15.9. The lowest BCUT2D eigenvalue weighted by molar-refractivity contribution is -0.129. The Balaban J connectivity index is 1.86. The van der Waals surface area contributed by atoms with Crippen molar-refractivity contribution in [2.24, 2.45) is 0 Å². The summed E-state index contributed by atoms with van der Waals surface area (Å²) in [5.41, 5.74) is 2.84. The third kappa shape index (κ3) is 4.31. The van der Waals surface area contributed by atoms with Gasteiger partial charge in [0, 0.05) is 38.7 Å². The summed E-state index contributed by atoms with van der Waals surface area (Å²) in [7, 11) is 0. The maximum atomic E-state index is 12.7. The van der Waals surface area contributed by atoms with Crippen molar-refractivity contribution in [1.82, 2.24) is 4.90 Å². The number of aryl methyl sites for hydroxylation is 1. The number of anilines is 2.